The van der Waals surface area contributed by atoms with E-state index in [-0.39, 0.29) is 13.2 Å². The molecule has 0 aliphatic heterocycles. The Kier molecular flexibility index (Phi) is 6.71. The highest BCUT2D eigenvalue weighted by Gasteiger charge is 2.11. The molecule has 0 saturated carbocycles. The van der Waals surface area contributed by atoms with Gasteiger partial charge in [-0.2, -0.15) is 5.26 Å². The number of rotatable bonds is 7. The Morgan fingerprint density at radius 2 is 2.12 bits per heavy atom. The van der Waals surface area contributed by atoms with Crippen molar-refractivity contribution in [3.05, 3.63) is 58.1 Å². The number of ether oxygens (including phenoxy) is 2. The summed E-state index contributed by atoms with van der Waals surface area (Å²) in [6.07, 6.45) is 6.68. The second kappa shape index (κ2) is 9.22. The van der Waals surface area contributed by atoms with E-state index in [0.29, 0.717) is 27.6 Å². The lowest BCUT2D eigenvalue weighted by molar-refractivity contribution is 0.132. The molecular formula is C19H15ClN2O3. The molecule has 6 heteroatoms. The summed E-state index contributed by atoms with van der Waals surface area (Å²) < 4.78 is 10.6. The second-order valence-corrected chi connectivity index (χ2v) is 5.21. The van der Waals surface area contributed by atoms with E-state index in [1.54, 1.807) is 24.3 Å². The number of hydrogen-bond acceptors (Lipinski definition) is 5. The first-order valence-electron chi connectivity index (χ1n) is 7.26. The van der Waals surface area contributed by atoms with Gasteiger partial charge in [-0.05, 0) is 18.2 Å². The summed E-state index contributed by atoms with van der Waals surface area (Å²) in [6.45, 7) is 0.277. The molecule has 0 spiro atoms. The van der Waals surface area contributed by atoms with Crippen molar-refractivity contribution in [2.75, 3.05) is 13.7 Å². The predicted molar refractivity (Wildman–Crippen MR) is 95.9 cm³/mol. The van der Waals surface area contributed by atoms with Gasteiger partial charge in [0.15, 0.2) is 11.5 Å². The normalized spacial score (nSPS) is 10.1. The van der Waals surface area contributed by atoms with E-state index in [0.717, 1.165) is 5.56 Å². The van der Waals surface area contributed by atoms with Crippen molar-refractivity contribution >= 4 is 17.8 Å². The van der Waals surface area contributed by atoms with Crippen LogP contribution >= 0.6 is 11.6 Å². The maximum Gasteiger partial charge on any atom is 0.181 e. The van der Waals surface area contributed by atoms with Crippen LogP contribution in [0.15, 0.2) is 41.6 Å². The van der Waals surface area contributed by atoms with Gasteiger partial charge in [0.05, 0.1) is 30.0 Å². The Balaban J connectivity index is 2.07. The molecule has 0 N–H and O–H groups in total. The molecule has 2 rings (SSSR count). The molecule has 2 aromatic rings. The summed E-state index contributed by atoms with van der Waals surface area (Å²) in [6, 6.07) is 12.6. The summed E-state index contributed by atoms with van der Waals surface area (Å²) in [5.74, 6) is 3.19. The number of halogens is 1. The fraction of sp³-hybridized carbons (Fsp3) is 0.158. The molecule has 5 nitrogen and oxygen atoms in total. The highest BCUT2D eigenvalue weighted by atomic mass is 35.5. The smallest absolute Gasteiger partial charge is 0.181 e. The summed E-state index contributed by atoms with van der Waals surface area (Å²) >= 11 is 6.19. The molecule has 0 bridgehead atoms. The molecule has 0 heterocycles. The number of hydrogen-bond donors (Lipinski definition) is 0. The van der Waals surface area contributed by atoms with Crippen molar-refractivity contribution < 1.29 is 14.3 Å². The predicted octanol–water partition coefficient (Wildman–Crippen LogP) is 3.78. The standard InChI is InChI=1S/C19H15ClN2O3/c1-3-8-24-19-17(20)9-14(10-18(19)23-2)12-22-25-13-16-7-5-4-6-15(16)11-21/h1,4-7,9-10,12H,8,13H2,2H3/b22-12-. The van der Waals surface area contributed by atoms with Crippen LogP contribution in [-0.2, 0) is 11.4 Å². The summed E-state index contributed by atoms with van der Waals surface area (Å²) in [4.78, 5) is 5.25. The number of nitrogens with zero attached hydrogens (tertiary/aromatic N) is 2. The largest absolute Gasteiger partial charge is 0.493 e. The molecule has 0 aromatic heterocycles. The van der Waals surface area contributed by atoms with Crippen LogP contribution in [-0.4, -0.2) is 19.9 Å². The van der Waals surface area contributed by atoms with Crippen molar-refractivity contribution in [1.29, 1.82) is 5.26 Å². The third-order valence-corrected chi connectivity index (χ3v) is 3.47. The lowest BCUT2D eigenvalue weighted by Crippen LogP contribution is -1.99. The maximum atomic E-state index is 9.03. The molecule has 0 radical (unpaired) electrons. The summed E-state index contributed by atoms with van der Waals surface area (Å²) in [5.41, 5.74) is 1.98. The van der Waals surface area contributed by atoms with Crippen LogP contribution < -0.4 is 9.47 Å². The van der Waals surface area contributed by atoms with Crippen molar-refractivity contribution in [2.24, 2.45) is 5.16 Å². The van der Waals surface area contributed by atoms with Crippen LogP contribution in [0.25, 0.3) is 0 Å². The Morgan fingerprint density at radius 1 is 1.32 bits per heavy atom. The van der Waals surface area contributed by atoms with Gasteiger partial charge in [-0.25, -0.2) is 0 Å². The van der Waals surface area contributed by atoms with E-state index in [4.69, 9.17) is 37.6 Å². The molecule has 0 unspecified atom stereocenters. The maximum absolute atomic E-state index is 9.03. The van der Waals surface area contributed by atoms with E-state index in [1.165, 1.54) is 13.3 Å². The average Bonchev–Trinajstić information content (AvgIpc) is 2.64. The molecule has 25 heavy (non-hydrogen) atoms. The molecule has 0 amide bonds. The molecule has 0 saturated heterocycles. The highest BCUT2D eigenvalue weighted by molar-refractivity contribution is 6.32. The first-order chi connectivity index (χ1) is 12.2. The molecule has 0 aliphatic carbocycles. The zero-order valence-corrected chi connectivity index (χ0v) is 14.3. The van der Waals surface area contributed by atoms with E-state index < -0.39 is 0 Å². The Morgan fingerprint density at radius 3 is 2.84 bits per heavy atom. The molecule has 0 aliphatic rings. The minimum atomic E-state index is 0.0882. The summed E-state index contributed by atoms with van der Waals surface area (Å²) in [7, 11) is 1.50. The van der Waals surface area contributed by atoms with Gasteiger partial charge in [0.2, 0.25) is 0 Å². The highest BCUT2D eigenvalue weighted by Crippen LogP contribution is 2.36. The van der Waals surface area contributed by atoms with Crippen molar-refractivity contribution in [3.8, 4) is 29.9 Å². The molecular weight excluding hydrogens is 340 g/mol. The fourth-order valence-electron chi connectivity index (χ4n) is 2.03. The lowest BCUT2D eigenvalue weighted by Gasteiger charge is -2.11. The Labute approximate surface area is 151 Å². The van der Waals surface area contributed by atoms with Gasteiger partial charge in [0.1, 0.15) is 13.2 Å². The Hall–Kier alpha value is -3.15. The van der Waals surface area contributed by atoms with Crippen molar-refractivity contribution in [3.63, 3.8) is 0 Å². The van der Waals surface area contributed by atoms with E-state index in [2.05, 4.69) is 17.1 Å². The first kappa shape index (κ1) is 18.2. The van der Waals surface area contributed by atoms with Gasteiger partial charge in [0.25, 0.3) is 0 Å². The third-order valence-electron chi connectivity index (χ3n) is 3.19. The van der Waals surface area contributed by atoms with E-state index in [9.17, 15) is 0 Å². The van der Waals surface area contributed by atoms with Crippen molar-refractivity contribution in [2.45, 2.75) is 6.61 Å². The van der Waals surface area contributed by atoms with Crippen LogP contribution in [0, 0.1) is 23.7 Å². The molecule has 126 valence electrons. The SMILES string of the molecule is C#CCOc1c(Cl)cc(/C=N\OCc2ccccc2C#N)cc1OC. The minimum Gasteiger partial charge on any atom is -0.493 e. The number of nitriles is 1. The van der Waals surface area contributed by atoms with Gasteiger partial charge < -0.3 is 14.3 Å². The molecule has 0 fully saturated rings. The van der Waals surface area contributed by atoms with Crippen molar-refractivity contribution in [1.82, 2.24) is 0 Å². The van der Waals surface area contributed by atoms with Gasteiger partial charge in [0, 0.05) is 11.1 Å². The number of benzene rings is 2. The fourth-order valence-corrected chi connectivity index (χ4v) is 2.30. The zero-order valence-electron chi connectivity index (χ0n) is 13.5. The molecule has 0 atom stereocenters. The van der Waals surface area contributed by atoms with Gasteiger partial charge in [-0.1, -0.05) is 40.9 Å². The number of terminal acetylenes is 1. The van der Waals surface area contributed by atoms with Crippen LogP contribution in [0.5, 0.6) is 11.5 Å². The average molecular weight is 355 g/mol. The monoisotopic (exact) mass is 354 g/mol. The summed E-state index contributed by atoms with van der Waals surface area (Å²) in [5, 5.41) is 13.3. The van der Waals surface area contributed by atoms with E-state index in [1.807, 2.05) is 12.1 Å². The van der Waals surface area contributed by atoms with Crippen LogP contribution in [0.1, 0.15) is 16.7 Å². The quantitative estimate of drug-likeness (QED) is 0.431. The Bertz CT molecular complexity index is 851. The zero-order chi connectivity index (χ0) is 18.1. The van der Waals surface area contributed by atoms with Gasteiger partial charge in [-0.15, -0.1) is 6.42 Å². The minimum absolute atomic E-state index is 0.0882. The first-order valence-corrected chi connectivity index (χ1v) is 7.64. The topological polar surface area (TPSA) is 63.8 Å². The van der Waals surface area contributed by atoms with Crippen LogP contribution in [0.3, 0.4) is 0 Å². The van der Waals surface area contributed by atoms with Gasteiger partial charge in [-0.3, -0.25) is 0 Å². The second-order valence-electron chi connectivity index (χ2n) is 4.80. The van der Waals surface area contributed by atoms with E-state index >= 15 is 0 Å². The molecule has 2 aromatic carbocycles. The van der Waals surface area contributed by atoms with Crippen LogP contribution in [0.2, 0.25) is 5.02 Å². The number of methoxy groups -OCH3 is 1. The third kappa shape index (κ3) is 4.91. The van der Waals surface area contributed by atoms with Gasteiger partial charge >= 0.3 is 0 Å². The lowest BCUT2D eigenvalue weighted by atomic mass is 10.1. The van der Waals surface area contributed by atoms with Crippen LogP contribution in [0.4, 0.5) is 0 Å². The number of oxime groups is 1.